The Labute approximate surface area is 217 Å². The topological polar surface area (TPSA) is 131 Å². The van der Waals surface area contributed by atoms with Crippen LogP contribution in [0.25, 0.3) is 0 Å². The van der Waals surface area contributed by atoms with Gasteiger partial charge in [0, 0.05) is 18.9 Å². The van der Waals surface area contributed by atoms with E-state index in [2.05, 4.69) is 20.1 Å². The fourth-order valence-corrected chi connectivity index (χ4v) is 3.91. The number of hydrogen-bond acceptors (Lipinski definition) is 7. The van der Waals surface area contributed by atoms with Gasteiger partial charge in [0.2, 0.25) is 11.8 Å². The molecular weight excluding hydrogens is 476 g/mol. The van der Waals surface area contributed by atoms with Gasteiger partial charge in [-0.2, -0.15) is 0 Å². The SMILES string of the molecule is COC(=O)CCC(=O)N[C@@H](Cc1ccccc1)C[C@H](O)[C@H](Cc1ccccc1)NC(=O)CCC(=O)OC. The number of rotatable bonds is 15. The van der Waals surface area contributed by atoms with Crippen molar-refractivity contribution in [2.75, 3.05) is 14.2 Å². The van der Waals surface area contributed by atoms with Gasteiger partial charge < -0.3 is 25.2 Å². The number of nitrogens with one attached hydrogen (secondary N) is 2. The highest BCUT2D eigenvalue weighted by atomic mass is 16.5. The summed E-state index contributed by atoms with van der Waals surface area (Å²) in [5.41, 5.74) is 1.89. The Balaban J connectivity index is 2.14. The van der Waals surface area contributed by atoms with Crippen LogP contribution in [0, 0.1) is 0 Å². The molecule has 2 aromatic rings. The first-order valence-electron chi connectivity index (χ1n) is 12.3. The third kappa shape index (κ3) is 11.7. The first kappa shape index (κ1) is 29.5. The minimum atomic E-state index is -1.00. The van der Waals surface area contributed by atoms with Crippen molar-refractivity contribution < 1.29 is 33.8 Å². The van der Waals surface area contributed by atoms with Gasteiger partial charge in [0.15, 0.2) is 0 Å². The summed E-state index contributed by atoms with van der Waals surface area (Å²) in [7, 11) is 2.52. The fraction of sp³-hybridized carbons (Fsp3) is 0.429. The number of aliphatic hydroxyl groups excluding tert-OH is 1. The Morgan fingerprint density at radius 3 is 1.65 bits per heavy atom. The van der Waals surface area contributed by atoms with E-state index in [1.54, 1.807) is 0 Å². The summed E-state index contributed by atoms with van der Waals surface area (Å²) in [5.74, 6) is -1.69. The Hall–Kier alpha value is -3.72. The standard InChI is InChI=1S/C28H36N2O7/c1-36-27(34)15-13-25(32)29-22(17-20-9-5-3-6-10-20)19-24(31)23(18-21-11-7-4-8-12-21)30-26(33)14-16-28(35)37-2/h3-12,22-24,31H,13-19H2,1-2H3,(H,29,32)(H,30,33)/t22-,23-,24-/m0/s1. The molecule has 0 spiro atoms. The molecule has 200 valence electrons. The molecule has 2 rings (SSSR count). The van der Waals surface area contributed by atoms with Crippen LogP contribution in [-0.4, -0.2) is 61.3 Å². The molecule has 0 fully saturated rings. The number of methoxy groups -OCH3 is 2. The normalized spacial score (nSPS) is 13.1. The van der Waals surface area contributed by atoms with Crippen LogP contribution in [0.4, 0.5) is 0 Å². The van der Waals surface area contributed by atoms with Crippen LogP contribution in [0.15, 0.2) is 60.7 Å². The third-order valence-corrected chi connectivity index (χ3v) is 5.89. The zero-order valence-corrected chi connectivity index (χ0v) is 21.4. The zero-order chi connectivity index (χ0) is 27.0. The summed E-state index contributed by atoms with van der Waals surface area (Å²) in [4.78, 5) is 48.0. The van der Waals surface area contributed by atoms with Crippen molar-refractivity contribution in [2.24, 2.45) is 0 Å². The summed E-state index contributed by atoms with van der Waals surface area (Å²) in [6, 6.07) is 17.8. The number of esters is 2. The van der Waals surface area contributed by atoms with Crippen molar-refractivity contribution in [1.29, 1.82) is 0 Å². The maximum atomic E-state index is 12.6. The molecule has 2 aromatic carbocycles. The number of ether oxygens (including phenoxy) is 2. The Bertz CT molecular complexity index is 998. The lowest BCUT2D eigenvalue weighted by atomic mass is 9.93. The van der Waals surface area contributed by atoms with Gasteiger partial charge in [-0.05, 0) is 30.4 Å². The van der Waals surface area contributed by atoms with Gasteiger partial charge in [0.05, 0.1) is 39.2 Å². The first-order valence-corrected chi connectivity index (χ1v) is 12.3. The summed E-state index contributed by atoms with van der Waals surface area (Å²) in [6.45, 7) is 0. The number of hydrogen-bond donors (Lipinski definition) is 3. The molecule has 9 nitrogen and oxygen atoms in total. The maximum Gasteiger partial charge on any atom is 0.306 e. The van der Waals surface area contributed by atoms with Crippen LogP contribution in [0.1, 0.15) is 43.2 Å². The van der Waals surface area contributed by atoms with Gasteiger partial charge in [0.25, 0.3) is 0 Å². The quantitative estimate of drug-likeness (QED) is 0.312. The van der Waals surface area contributed by atoms with Crippen molar-refractivity contribution in [3.63, 3.8) is 0 Å². The maximum absolute atomic E-state index is 12.6. The first-order chi connectivity index (χ1) is 17.8. The van der Waals surface area contributed by atoms with Crippen molar-refractivity contribution in [1.82, 2.24) is 10.6 Å². The molecule has 37 heavy (non-hydrogen) atoms. The van der Waals surface area contributed by atoms with Gasteiger partial charge in [0.1, 0.15) is 0 Å². The minimum absolute atomic E-state index is 0.0359. The lowest BCUT2D eigenvalue weighted by Crippen LogP contribution is -2.48. The minimum Gasteiger partial charge on any atom is -0.469 e. The van der Waals surface area contributed by atoms with Crippen molar-refractivity contribution >= 4 is 23.8 Å². The fourth-order valence-electron chi connectivity index (χ4n) is 3.91. The summed E-state index contributed by atoms with van der Waals surface area (Å²) in [6.07, 6.45) is -0.241. The number of benzene rings is 2. The molecule has 0 aliphatic rings. The molecule has 0 aromatic heterocycles. The molecule has 0 unspecified atom stereocenters. The van der Waals surface area contributed by atoms with Gasteiger partial charge in [-0.25, -0.2) is 0 Å². The largest absolute Gasteiger partial charge is 0.469 e. The summed E-state index contributed by atoms with van der Waals surface area (Å²) < 4.78 is 9.20. The van der Waals surface area contributed by atoms with Crippen molar-refractivity contribution in [3.8, 4) is 0 Å². The third-order valence-electron chi connectivity index (χ3n) is 5.89. The van der Waals surface area contributed by atoms with E-state index in [1.807, 2.05) is 60.7 Å². The van der Waals surface area contributed by atoms with Gasteiger partial charge in [-0.15, -0.1) is 0 Å². The van der Waals surface area contributed by atoms with E-state index >= 15 is 0 Å². The second-order valence-electron chi connectivity index (χ2n) is 8.77. The molecule has 0 aliphatic heterocycles. The van der Waals surface area contributed by atoms with Gasteiger partial charge >= 0.3 is 11.9 Å². The van der Waals surface area contributed by atoms with E-state index in [0.29, 0.717) is 12.8 Å². The molecule has 3 N–H and O–H groups in total. The summed E-state index contributed by atoms with van der Waals surface area (Å²) in [5, 5.41) is 17.0. The van der Waals surface area contributed by atoms with Crippen molar-refractivity contribution in [2.45, 2.75) is 63.1 Å². The van der Waals surface area contributed by atoms with Crippen LogP contribution in [0.2, 0.25) is 0 Å². The Morgan fingerprint density at radius 1 is 0.703 bits per heavy atom. The molecule has 0 bridgehead atoms. The van der Waals surface area contributed by atoms with E-state index < -0.39 is 30.1 Å². The van der Waals surface area contributed by atoms with E-state index in [0.717, 1.165) is 11.1 Å². The highest BCUT2D eigenvalue weighted by Gasteiger charge is 2.26. The van der Waals surface area contributed by atoms with Gasteiger partial charge in [-0.3, -0.25) is 19.2 Å². The molecule has 0 aliphatic carbocycles. The zero-order valence-electron chi connectivity index (χ0n) is 21.4. The van der Waals surface area contributed by atoms with Crippen LogP contribution in [-0.2, 0) is 41.5 Å². The Morgan fingerprint density at radius 2 is 1.16 bits per heavy atom. The van der Waals surface area contributed by atoms with Crippen LogP contribution < -0.4 is 10.6 Å². The van der Waals surface area contributed by atoms with Crippen LogP contribution >= 0.6 is 0 Å². The molecule has 2 amide bonds. The molecule has 3 atom stereocenters. The van der Waals surface area contributed by atoms with Crippen LogP contribution in [0.5, 0.6) is 0 Å². The Kier molecular flexibility index (Phi) is 12.8. The number of carbonyl (C=O) groups excluding carboxylic acids is 4. The molecule has 0 radical (unpaired) electrons. The molecule has 9 heteroatoms. The van der Waals surface area contributed by atoms with Crippen LogP contribution in [0.3, 0.4) is 0 Å². The number of aliphatic hydroxyl groups is 1. The molecular formula is C28H36N2O7. The van der Waals surface area contributed by atoms with E-state index in [9.17, 15) is 24.3 Å². The van der Waals surface area contributed by atoms with E-state index in [4.69, 9.17) is 0 Å². The smallest absolute Gasteiger partial charge is 0.306 e. The molecule has 0 saturated carbocycles. The average Bonchev–Trinajstić information content (AvgIpc) is 2.91. The molecule has 0 saturated heterocycles. The van der Waals surface area contributed by atoms with E-state index in [1.165, 1.54) is 14.2 Å². The van der Waals surface area contributed by atoms with Crippen molar-refractivity contribution in [3.05, 3.63) is 71.8 Å². The second-order valence-corrected chi connectivity index (χ2v) is 8.77. The highest BCUT2D eigenvalue weighted by Crippen LogP contribution is 2.15. The predicted octanol–water partition coefficient (Wildman–Crippen LogP) is 2.10. The summed E-state index contributed by atoms with van der Waals surface area (Å²) >= 11 is 0. The molecule has 0 heterocycles. The number of amides is 2. The van der Waals surface area contributed by atoms with E-state index in [-0.39, 0.29) is 43.9 Å². The lowest BCUT2D eigenvalue weighted by Gasteiger charge is -2.28. The monoisotopic (exact) mass is 512 g/mol. The second kappa shape index (κ2) is 16.1. The lowest BCUT2D eigenvalue weighted by molar-refractivity contribution is -0.142. The number of carbonyl (C=O) groups is 4. The predicted molar refractivity (Wildman–Crippen MR) is 137 cm³/mol. The average molecular weight is 513 g/mol. The highest BCUT2D eigenvalue weighted by molar-refractivity contribution is 5.82. The van der Waals surface area contributed by atoms with Gasteiger partial charge in [-0.1, -0.05) is 60.7 Å².